The smallest absolute Gasteiger partial charge is 0.233 e. The van der Waals surface area contributed by atoms with Gasteiger partial charge in [0.15, 0.2) is 0 Å². The lowest BCUT2D eigenvalue weighted by Gasteiger charge is -2.49. The topological polar surface area (TPSA) is 49.8 Å². The summed E-state index contributed by atoms with van der Waals surface area (Å²) in [6.45, 7) is 5.72. The van der Waals surface area contributed by atoms with Gasteiger partial charge in [0.1, 0.15) is 24.7 Å². The highest BCUT2D eigenvalue weighted by Crippen LogP contribution is 2.45. The van der Waals surface area contributed by atoms with Gasteiger partial charge in [-0.1, -0.05) is 36.4 Å². The maximum atomic E-state index is 13.5. The van der Waals surface area contributed by atoms with Crippen molar-refractivity contribution in [3.63, 3.8) is 0 Å². The highest BCUT2D eigenvalue weighted by molar-refractivity contribution is 6.03. The van der Waals surface area contributed by atoms with E-state index in [-0.39, 0.29) is 30.3 Å². The number of anilines is 1. The van der Waals surface area contributed by atoms with Crippen molar-refractivity contribution in [2.75, 3.05) is 31.1 Å². The largest absolute Gasteiger partial charge is 0.489 e. The number of aliphatic hydroxyl groups is 1. The van der Waals surface area contributed by atoms with Crippen LogP contribution in [0.1, 0.15) is 54.8 Å². The number of carbonyl (C=O) groups excluding carboxylic acids is 1. The van der Waals surface area contributed by atoms with Crippen LogP contribution in [0, 0.1) is 17.7 Å². The second-order valence-corrected chi connectivity index (χ2v) is 11.7. The van der Waals surface area contributed by atoms with Crippen molar-refractivity contribution in [3.05, 3.63) is 95.3 Å². The molecule has 0 saturated carbocycles. The zero-order chi connectivity index (χ0) is 26.8. The Bertz CT molecular complexity index is 1250. The maximum absolute atomic E-state index is 13.5. The molecule has 1 amide bonds. The van der Waals surface area contributed by atoms with Gasteiger partial charge in [-0.25, -0.2) is 4.39 Å². The Labute approximate surface area is 230 Å². The molecule has 3 aromatic rings. The summed E-state index contributed by atoms with van der Waals surface area (Å²) in [5, 5.41) is 9.31. The number of benzene rings is 3. The van der Waals surface area contributed by atoms with Crippen LogP contribution in [0.2, 0.25) is 0 Å². The van der Waals surface area contributed by atoms with Gasteiger partial charge in [0.2, 0.25) is 5.91 Å². The molecule has 0 aliphatic carbocycles. The molecule has 2 bridgehead atoms. The van der Waals surface area contributed by atoms with E-state index in [1.54, 1.807) is 17.0 Å². The summed E-state index contributed by atoms with van der Waals surface area (Å²) in [4.78, 5) is 14.7. The van der Waals surface area contributed by atoms with E-state index in [9.17, 15) is 14.3 Å². The van der Waals surface area contributed by atoms with E-state index < -0.39 is 0 Å². The number of nitrogens with zero attached hydrogens (tertiary/aromatic N) is 2. The molecule has 4 saturated heterocycles. The fourth-order valence-electron chi connectivity index (χ4n) is 6.84. The Morgan fingerprint density at radius 2 is 1.51 bits per heavy atom. The fourth-order valence-corrected chi connectivity index (χ4v) is 6.84. The summed E-state index contributed by atoms with van der Waals surface area (Å²) in [6.07, 6.45) is 5.39. The molecule has 0 unspecified atom stereocenters. The Balaban J connectivity index is 1.08. The van der Waals surface area contributed by atoms with Crippen LogP contribution in [0.25, 0.3) is 0 Å². The van der Waals surface area contributed by atoms with Gasteiger partial charge < -0.3 is 19.2 Å². The third-order valence-corrected chi connectivity index (χ3v) is 9.20. The van der Waals surface area contributed by atoms with Gasteiger partial charge in [0.05, 0.1) is 31.6 Å². The predicted octanol–water partition coefficient (Wildman–Crippen LogP) is 6.01. The number of rotatable bonds is 10. The molecule has 4 heterocycles. The number of quaternary nitrogens is 1. The van der Waals surface area contributed by atoms with Gasteiger partial charge in [0, 0.05) is 17.9 Å². The van der Waals surface area contributed by atoms with Crippen LogP contribution in [0.4, 0.5) is 10.1 Å². The van der Waals surface area contributed by atoms with Crippen molar-refractivity contribution >= 4 is 11.6 Å². The van der Waals surface area contributed by atoms with Gasteiger partial charge >= 0.3 is 0 Å². The number of hydrogen-bond donors (Lipinski definition) is 1. The Hall–Kier alpha value is -3.22. The number of amides is 1. The van der Waals surface area contributed by atoms with E-state index in [0.717, 1.165) is 29.3 Å². The standard InChI is InChI=1S/C33H38FN2O3/c34-28-9-11-29(12-10-28)35-32(31(33(35)38)2-1-21-37)27-7-13-30(14-8-27)39-23-26-5-3-25(4-6-26)22-36-18-15-24(16-19-36)17-20-36/h3-14,24,31-32,37H,1-2,15-23H2/q+1/t24?,31-,32-,36?/m1/s1. The van der Waals surface area contributed by atoms with Crippen LogP contribution in [-0.4, -0.2) is 41.7 Å². The minimum atomic E-state index is -0.328. The molecular weight excluding hydrogens is 491 g/mol. The molecule has 6 heteroatoms. The molecule has 0 aromatic heterocycles. The highest BCUT2D eigenvalue weighted by Gasteiger charge is 2.48. The van der Waals surface area contributed by atoms with Crippen LogP contribution in [0.3, 0.4) is 0 Å². The third kappa shape index (κ3) is 5.45. The SMILES string of the molecule is O=C1[C@H](CCCO)[C@@H](c2ccc(OCc3ccc(C[N+]45CCC(CC4)CC5)cc3)cc2)N1c1ccc(F)cc1. The average molecular weight is 530 g/mol. The van der Waals surface area contributed by atoms with Crippen LogP contribution < -0.4 is 9.64 Å². The quantitative estimate of drug-likeness (QED) is 0.258. The van der Waals surface area contributed by atoms with E-state index in [2.05, 4.69) is 24.3 Å². The second kappa shape index (κ2) is 11.1. The van der Waals surface area contributed by atoms with E-state index in [1.807, 2.05) is 24.3 Å². The average Bonchev–Trinajstić information content (AvgIpc) is 2.98. The summed E-state index contributed by atoms with van der Waals surface area (Å²) in [5.74, 6) is 1.25. The first-order chi connectivity index (χ1) is 19.0. The zero-order valence-electron chi connectivity index (χ0n) is 22.5. The van der Waals surface area contributed by atoms with Gasteiger partial charge in [-0.15, -0.1) is 0 Å². The summed E-state index contributed by atoms with van der Waals surface area (Å²) < 4.78 is 20.8. The Morgan fingerprint density at radius 3 is 2.15 bits per heavy atom. The van der Waals surface area contributed by atoms with E-state index in [0.29, 0.717) is 25.1 Å². The van der Waals surface area contributed by atoms with Gasteiger partial charge in [-0.2, -0.15) is 0 Å². The van der Waals surface area contributed by atoms with Crippen LogP contribution >= 0.6 is 0 Å². The summed E-state index contributed by atoms with van der Waals surface area (Å²) >= 11 is 0. The number of hydrogen-bond acceptors (Lipinski definition) is 3. The lowest BCUT2D eigenvalue weighted by Crippen LogP contribution is -2.57. The number of β-lactam (4-membered cyclic amide) rings is 1. The van der Waals surface area contributed by atoms with Gasteiger partial charge in [0.25, 0.3) is 0 Å². The fraction of sp³-hybridized carbons (Fsp3) is 0.424. The normalized spacial score (nSPS) is 25.9. The number of piperidine rings is 3. The maximum Gasteiger partial charge on any atom is 0.233 e. The minimum absolute atomic E-state index is 0.0124. The summed E-state index contributed by atoms with van der Waals surface area (Å²) in [5.41, 5.74) is 4.26. The highest BCUT2D eigenvalue weighted by atomic mass is 19.1. The van der Waals surface area contributed by atoms with Crippen molar-refractivity contribution < 1.29 is 23.5 Å². The first-order valence-electron chi connectivity index (χ1n) is 14.4. The first-order valence-corrected chi connectivity index (χ1v) is 14.4. The van der Waals surface area contributed by atoms with Gasteiger partial charge in [-0.05, 0) is 85.5 Å². The number of fused-ring (bicyclic) bond motifs is 3. The molecule has 1 N–H and O–H groups in total. The molecular formula is C33H38FN2O3+. The molecule has 4 fully saturated rings. The molecule has 0 spiro atoms. The number of ether oxygens (including phenoxy) is 1. The number of carbonyl (C=O) groups is 1. The van der Waals surface area contributed by atoms with Crippen molar-refractivity contribution in [1.82, 2.24) is 0 Å². The van der Waals surface area contributed by atoms with Gasteiger partial charge in [-0.3, -0.25) is 4.79 Å². The monoisotopic (exact) mass is 529 g/mol. The Morgan fingerprint density at radius 1 is 0.872 bits per heavy atom. The molecule has 3 aromatic carbocycles. The molecule has 0 radical (unpaired) electrons. The van der Waals surface area contributed by atoms with E-state index >= 15 is 0 Å². The molecule has 204 valence electrons. The minimum Gasteiger partial charge on any atom is -0.489 e. The second-order valence-electron chi connectivity index (χ2n) is 11.7. The van der Waals surface area contributed by atoms with Crippen molar-refractivity contribution in [2.45, 2.75) is 51.3 Å². The van der Waals surface area contributed by atoms with Crippen molar-refractivity contribution in [2.24, 2.45) is 11.8 Å². The van der Waals surface area contributed by atoms with Crippen LogP contribution in [0.15, 0.2) is 72.8 Å². The predicted molar refractivity (Wildman–Crippen MR) is 150 cm³/mol. The summed E-state index contributed by atoms with van der Waals surface area (Å²) in [6, 6.07) is 22.7. The van der Waals surface area contributed by atoms with Crippen LogP contribution in [-0.2, 0) is 17.9 Å². The molecule has 2 atom stereocenters. The summed E-state index contributed by atoms with van der Waals surface area (Å²) in [7, 11) is 0. The molecule has 39 heavy (non-hydrogen) atoms. The zero-order valence-corrected chi connectivity index (χ0v) is 22.5. The molecule has 4 aliphatic rings. The third-order valence-electron chi connectivity index (χ3n) is 9.20. The van der Waals surface area contributed by atoms with E-state index in [1.165, 1.54) is 61.1 Å². The van der Waals surface area contributed by atoms with Crippen molar-refractivity contribution in [3.8, 4) is 5.75 Å². The lowest BCUT2D eigenvalue weighted by atomic mass is 9.79. The molecule has 7 rings (SSSR count). The molecule has 5 nitrogen and oxygen atoms in total. The van der Waals surface area contributed by atoms with E-state index in [4.69, 9.17) is 4.74 Å². The van der Waals surface area contributed by atoms with Crippen molar-refractivity contribution in [1.29, 1.82) is 0 Å². The first kappa shape index (κ1) is 26.0. The number of halogens is 1. The lowest BCUT2D eigenvalue weighted by molar-refractivity contribution is -0.955. The number of aliphatic hydroxyl groups excluding tert-OH is 1. The molecule has 4 aliphatic heterocycles. The van der Waals surface area contributed by atoms with Crippen LogP contribution in [0.5, 0.6) is 5.75 Å². The Kier molecular flexibility index (Phi) is 7.41.